The summed E-state index contributed by atoms with van der Waals surface area (Å²) in [5.74, 6) is 1.04. The zero-order valence-electron chi connectivity index (χ0n) is 9.78. The van der Waals surface area contributed by atoms with Gasteiger partial charge in [0.1, 0.15) is 6.10 Å². The Morgan fingerprint density at radius 2 is 2.07 bits per heavy atom. The van der Waals surface area contributed by atoms with Gasteiger partial charge in [0.25, 0.3) is 0 Å². The molecule has 0 aliphatic carbocycles. The van der Waals surface area contributed by atoms with Gasteiger partial charge in [-0.25, -0.2) is 0 Å². The number of hydrogen-bond acceptors (Lipinski definition) is 5. The molecule has 15 heavy (non-hydrogen) atoms. The third-order valence-corrected chi connectivity index (χ3v) is 2.85. The van der Waals surface area contributed by atoms with Crippen LogP contribution in [0.1, 0.15) is 51.4 Å². The summed E-state index contributed by atoms with van der Waals surface area (Å²) in [6.45, 7) is 5.88. The summed E-state index contributed by atoms with van der Waals surface area (Å²) in [5, 5.41) is 3.86. The lowest BCUT2D eigenvalue weighted by molar-refractivity contribution is 0.109. The first kappa shape index (κ1) is 12.1. The highest BCUT2D eigenvalue weighted by Crippen LogP contribution is 2.25. The van der Waals surface area contributed by atoms with Crippen molar-refractivity contribution in [1.29, 1.82) is 0 Å². The molecule has 86 valence electrons. The van der Waals surface area contributed by atoms with Crippen LogP contribution < -0.4 is 5.73 Å². The maximum absolute atomic E-state index is 6.14. The van der Waals surface area contributed by atoms with Gasteiger partial charge in [-0.05, 0) is 19.8 Å². The summed E-state index contributed by atoms with van der Waals surface area (Å²) in [6.07, 6.45) is 1.37. The minimum atomic E-state index is -0.515. The molecule has 0 spiro atoms. The molecule has 0 radical (unpaired) electrons. The molecule has 5 heteroatoms. The maximum atomic E-state index is 6.14. The third-order valence-electron chi connectivity index (χ3n) is 2.85. The zero-order valence-corrected chi connectivity index (χ0v) is 9.78. The van der Waals surface area contributed by atoms with E-state index in [4.69, 9.17) is 15.0 Å². The lowest BCUT2D eigenvalue weighted by Gasteiger charge is -2.20. The van der Waals surface area contributed by atoms with Crippen LogP contribution in [-0.4, -0.2) is 17.3 Å². The van der Waals surface area contributed by atoms with E-state index in [0.29, 0.717) is 11.7 Å². The average molecular weight is 213 g/mol. The molecule has 0 saturated heterocycles. The van der Waals surface area contributed by atoms with Crippen LogP contribution in [-0.2, 0) is 10.3 Å². The molecule has 0 amide bonds. The Morgan fingerprint density at radius 1 is 1.47 bits per heavy atom. The number of ether oxygens (including phenoxy) is 1. The third kappa shape index (κ3) is 2.35. The largest absolute Gasteiger partial charge is 0.374 e. The van der Waals surface area contributed by atoms with E-state index in [1.807, 2.05) is 20.8 Å². The number of rotatable bonds is 5. The first-order valence-electron chi connectivity index (χ1n) is 5.23. The summed E-state index contributed by atoms with van der Waals surface area (Å²) in [6, 6.07) is 0. The second-order valence-corrected chi connectivity index (χ2v) is 3.70. The summed E-state index contributed by atoms with van der Waals surface area (Å²) in [4.78, 5) is 4.27. The lowest BCUT2D eigenvalue weighted by atomic mass is 9.94. The van der Waals surface area contributed by atoms with Gasteiger partial charge in [-0.2, -0.15) is 4.98 Å². The topological polar surface area (TPSA) is 74.2 Å². The molecule has 0 bridgehead atoms. The highest BCUT2D eigenvalue weighted by Gasteiger charge is 2.30. The van der Waals surface area contributed by atoms with Crippen molar-refractivity contribution in [2.45, 2.75) is 45.3 Å². The monoisotopic (exact) mass is 213 g/mol. The first-order valence-corrected chi connectivity index (χ1v) is 5.23. The van der Waals surface area contributed by atoms with E-state index in [-0.39, 0.29) is 6.10 Å². The normalized spacial score (nSPS) is 14.2. The quantitative estimate of drug-likeness (QED) is 0.806. The Kier molecular flexibility index (Phi) is 3.82. The van der Waals surface area contributed by atoms with E-state index >= 15 is 0 Å². The molecule has 1 aromatic heterocycles. The molecule has 0 aliphatic rings. The van der Waals surface area contributed by atoms with Crippen molar-refractivity contribution in [3.63, 3.8) is 0 Å². The molecular weight excluding hydrogens is 194 g/mol. The average Bonchev–Trinajstić information content (AvgIpc) is 2.76. The Balaban J connectivity index is 2.92. The fraction of sp³-hybridized carbons (Fsp3) is 0.800. The van der Waals surface area contributed by atoms with Gasteiger partial charge < -0.3 is 15.0 Å². The number of nitrogens with two attached hydrogens (primary N) is 1. The molecule has 0 saturated carbocycles. The molecule has 1 rings (SSSR count). The second kappa shape index (κ2) is 4.72. The Hall–Kier alpha value is -0.940. The SMILES string of the molecule is CCC(N)(CC)c1nc(C(C)OC)no1. The van der Waals surface area contributed by atoms with Crippen LogP contribution in [0.25, 0.3) is 0 Å². The number of hydrogen-bond donors (Lipinski definition) is 1. The van der Waals surface area contributed by atoms with Gasteiger partial charge in [-0.3, -0.25) is 0 Å². The van der Waals surface area contributed by atoms with Crippen LogP contribution in [0.3, 0.4) is 0 Å². The summed E-state index contributed by atoms with van der Waals surface area (Å²) in [7, 11) is 1.61. The van der Waals surface area contributed by atoms with Gasteiger partial charge in [0, 0.05) is 7.11 Å². The predicted octanol–water partition coefficient (Wildman–Crippen LogP) is 1.75. The van der Waals surface area contributed by atoms with Gasteiger partial charge in [-0.15, -0.1) is 0 Å². The van der Waals surface area contributed by atoms with Crippen LogP contribution in [0.5, 0.6) is 0 Å². The maximum Gasteiger partial charge on any atom is 0.246 e. The highest BCUT2D eigenvalue weighted by atomic mass is 16.5. The fourth-order valence-electron chi connectivity index (χ4n) is 1.26. The van der Waals surface area contributed by atoms with Gasteiger partial charge in [0.05, 0.1) is 5.54 Å². The number of nitrogens with zero attached hydrogens (tertiary/aromatic N) is 2. The van der Waals surface area contributed by atoms with Crippen molar-refractivity contribution in [3.05, 3.63) is 11.7 Å². The van der Waals surface area contributed by atoms with E-state index < -0.39 is 5.54 Å². The van der Waals surface area contributed by atoms with Crippen molar-refractivity contribution in [2.24, 2.45) is 5.73 Å². The van der Waals surface area contributed by atoms with Crippen molar-refractivity contribution >= 4 is 0 Å². The molecule has 0 aliphatic heterocycles. The first-order chi connectivity index (χ1) is 7.07. The van der Waals surface area contributed by atoms with Crippen molar-refractivity contribution in [1.82, 2.24) is 10.1 Å². The number of methoxy groups -OCH3 is 1. The summed E-state index contributed by atoms with van der Waals surface area (Å²) in [5.41, 5.74) is 5.62. The number of aromatic nitrogens is 2. The Bertz CT molecular complexity index is 307. The molecule has 1 atom stereocenters. The highest BCUT2D eigenvalue weighted by molar-refractivity contribution is 5.02. The molecule has 0 aromatic carbocycles. The molecule has 0 fully saturated rings. The van der Waals surface area contributed by atoms with Crippen LogP contribution >= 0.6 is 0 Å². The van der Waals surface area contributed by atoms with E-state index in [1.165, 1.54) is 0 Å². The second-order valence-electron chi connectivity index (χ2n) is 3.70. The standard InChI is InChI=1S/C10H19N3O2/c1-5-10(11,6-2)9-12-8(13-15-9)7(3)14-4/h7H,5-6,11H2,1-4H3. The van der Waals surface area contributed by atoms with E-state index in [0.717, 1.165) is 12.8 Å². The van der Waals surface area contributed by atoms with Crippen LogP contribution in [0.4, 0.5) is 0 Å². The minimum Gasteiger partial charge on any atom is -0.374 e. The summed E-state index contributed by atoms with van der Waals surface area (Å²) >= 11 is 0. The van der Waals surface area contributed by atoms with Gasteiger partial charge in [0.15, 0.2) is 5.82 Å². The lowest BCUT2D eigenvalue weighted by Crippen LogP contribution is -2.35. The van der Waals surface area contributed by atoms with Crippen molar-refractivity contribution in [2.75, 3.05) is 7.11 Å². The molecular formula is C10H19N3O2. The molecule has 5 nitrogen and oxygen atoms in total. The molecule has 1 heterocycles. The fourth-order valence-corrected chi connectivity index (χ4v) is 1.26. The van der Waals surface area contributed by atoms with Crippen molar-refractivity contribution < 1.29 is 9.26 Å². The van der Waals surface area contributed by atoms with Crippen molar-refractivity contribution in [3.8, 4) is 0 Å². The zero-order chi connectivity index (χ0) is 11.5. The Labute approximate surface area is 90.0 Å². The van der Waals surface area contributed by atoms with Crippen LogP contribution in [0, 0.1) is 0 Å². The van der Waals surface area contributed by atoms with Gasteiger partial charge >= 0.3 is 0 Å². The van der Waals surface area contributed by atoms with E-state index in [9.17, 15) is 0 Å². The van der Waals surface area contributed by atoms with Gasteiger partial charge in [0.2, 0.25) is 5.89 Å². The smallest absolute Gasteiger partial charge is 0.246 e. The predicted molar refractivity (Wildman–Crippen MR) is 56.2 cm³/mol. The molecule has 1 aromatic rings. The van der Waals surface area contributed by atoms with Gasteiger partial charge in [-0.1, -0.05) is 19.0 Å². The van der Waals surface area contributed by atoms with E-state index in [2.05, 4.69) is 10.1 Å². The van der Waals surface area contributed by atoms with Crippen LogP contribution in [0.2, 0.25) is 0 Å². The minimum absolute atomic E-state index is 0.166. The van der Waals surface area contributed by atoms with Crippen LogP contribution in [0.15, 0.2) is 4.52 Å². The van der Waals surface area contributed by atoms with E-state index in [1.54, 1.807) is 7.11 Å². The molecule has 2 N–H and O–H groups in total. The molecule has 1 unspecified atom stereocenters. The summed E-state index contributed by atoms with van der Waals surface area (Å²) < 4.78 is 10.3. The Morgan fingerprint density at radius 3 is 2.53 bits per heavy atom.